The van der Waals surface area contributed by atoms with Crippen molar-refractivity contribution >= 4 is 17.9 Å². The Hall–Kier alpha value is -3.35. The molecule has 0 bridgehead atoms. The number of ether oxygens (including phenoxy) is 1. The summed E-state index contributed by atoms with van der Waals surface area (Å²) in [5.41, 5.74) is 3.12. The van der Waals surface area contributed by atoms with Gasteiger partial charge >= 0.3 is 6.09 Å². The van der Waals surface area contributed by atoms with Crippen molar-refractivity contribution in [2.75, 3.05) is 0 Å². The fraction of sp³-hybridized carbons (Fsp3) is 0.516. The molecule has 0 aromatic heterocycles. The molecule has 7 heteroatoms. The SMILES string of the molecule is Cc1ccc(C(C(=O)NCc2ccccc2)N(C(=O)C(CC(C)C)NC(=O)OC(C)(C)C)C2CC2)c(C)c1. The Morgan fingerprint density at radius 3 is 2.24 bits per heavy atom. The molecule has 1 aliphatic carbocycles. The maximum absolute atomic E-state index is 14.2. The number of rotatable bonds is 10. The largest absolute Gasteiger partial charge is 0.444 e. The van der Waals surface area contributed by atoms with Crippen molar-refractivity contribution in [2.45, 2.75) is 98.0 Å². The van der Waals surface area contributed by atoms with Gasteiger partial charge in [-0.1, -0.05) is 67.9 Å². The summed E-state index contributed by atoms with van der Waals surface area (Å²) in [6, 6.07) is 14.0. The second kappa shape index (κ2) is 12.5. The van der Waals surface area contributed by atoms with E-state index in [-0.39, 0.29) is 23.8 Å². The number of hydrogen-bond donors (Lipinski definition) is 2. The summed E-state index contributed by atoms with van der Waals surface area (Å²) in [5, 5.41) is 5.87. The Balaban J connectivity index is 1.96. The van der Waals surface area contributed by atoms with Crippen LogP contribution in [0.25, 0.3) is 0 Å². The van der Waals surface area contributed by atoms with Gasteiger partial charge in [0.25, 0.3) is 0 Å². The molecule has 7 nitrogen and oxygen atoms in total. The van der Waals surface area contributed by atoms with Crippen LogP contribution < -0.4 is 10.6 Å². The Labute approximate surface area is 227 Å². The highest BCUT2D eigenvalue weighted by Crippen LogP contribution is 2.37. The minimum Gasteiger partial charge on any atom is -0.444 e. The van der Waals surface area contributed by atoms with Gasteiger partial charge in [0, 0.05) is 12.6 Å². The number of carbonyl (C=O) groups is 3. The summed E-state index contributed by atoms with van der Waals surface area (Å²) in [6.07, 6.45) is 1.44. The van der Waals surface area contributed by atoms with Gasteiger partial charge < -0.3 is 20.3 Å². The van der Waals surface area contributed by atoms with E-state index in [2.05, 4.69) is 10.6 Å². The topological polar surface area (TPSA) is 87.7 Å². The zero-order valence-electron chi connectivity index (χ0n) is 23.8. The molecule has 2 N–H and O–H groups in total. The molecule has 2 aromatic carbocycles. The lowest BCUT2D eigenvalue weighted by atomic mass is 9.95. The lowest BCUT2D eigenvalue weighted by Crippen LogP contribution is -2.54. The van der Waals surface area contributed by atoms with Crippen molar-refractivity contribution in [3.8, 4) is 0 Å². The molecule has 2 unspecified atom stereocenters. The molecule has 1 saturated carbocycles. The standard InChI is InChI=1S/C31H43N3O4/c1-20(2)17-26(33-30(37)38-31(5,6)7)29(36)34(24-14-15-24)27(25-16-13-21(3)18-22(25)4)28(35)32-19-23-11-9-8-10-12-23/h8-13,16,18,20,24,26-27H,14-15,17,19H2,1-7H3,(H,32,35)(H,33,37). The monoisotopic (exact) mass is 521 g/mol. The quantitative estimate of drug-likeness (QED) is 0.427. The number of nitrogens with one attached hydrogen (secondary N) is 2. The van der Waals surface area contributed by atoms with Crippen molar-refractivity contribution in [3.05, 3.63) is 70.8 Å². The second-order valence-corrected chi connectivity index (χ2v) is 11.8. The first-order valence-electron chi connectivity index (χ1n) is 13.6. The Morgan fingerprint density at radius 1 is 1.03 bits per heavy atom. The predicted octanol–water partition coefficient (Wildman–Crippen LogP) is 5.59. The molecule has 2 atom stereocenters. The molecule has 0 aliphatic heterocycles. The molecule has 2 aromatic rings. The molecule has 0 heterocycles. The number of amides is 3. The number of alkyl carbamates (subject to hydrolysis) is 1. The van der Waals surface area contributed by atoms with E-state index >= 15 is 0 Å². The van der Waals surface area contributed by atoms with Crippen LogP contribution in [0.4, 0.5) is 4.79 Å². The minimum absolute atomic E-state index is 0.0641. The summed E-state index contributed by atoms with van der Waals surface area (Å²) in [5.74, 6) is -0.347. The Kier molecular flexibility index (Phi) is 9.58. The fourth-order valence-electron chi connectivity index (χ4n) is 4.62. The molecule has 0 spiro atoms. The van der Waals surface area contributed by atoms with E-state index in [9.17, 15) is 14.4 Å². The molecule has 0 saturated heterocycles. The number of benzene rings is 2. The van der Waals surface area contributed by atoms with E-state index in [0.717, 1.165) is 35.1 Å². The van der Waals surface area contributed by atoms with Crippen LogP contribution in [0.15, 0.2) is 48.5 Å². The molecule has 0 radical (unpaired) electrons. The molecule has 206 valence electrons. The van der Waals surface area contributed by atoms with Crippen LogP contribution in [0, 0.1) is 19.8 Å². The van der Waals surface area contributed by atoms with Crippen LogP contribution in [0.1, 0.15) is 82.2 Å². The van der Waals surface area contributed by atoms with Crippen LogP contribution >= 0.6 is 0 Å². The van der Waals surface area contributed by atoms with E-state index in [1.54, 1.807) is 25.7 Å². The first-order valence-corrected chi connectivity index (χ1v) is 13.6. The van der Waals surface area contributed by atoms with Crippen molar-refractivity contribution < 1.29 is 19.1 Å². The molecule has 1 aliphatic rings. The minimum atomic E-state index is -0.811. The summed E-state index contributed by atoms with van der Waals surface area (Å²) >= 11 is 0. The molecule has 3 rings (SSSR count). The van der Waals surface area contributed by atoms with Crippen LogP contribution in [0.3, 0.4) is 0 Å². The zero-order chi connectivity index (χ0) is 28.0. The van der Waals surface area contributed by atoms with E-state index in [4.69, 9.17) is 4.74 Å². The van der Waals surface area contributed by atoms with Gasteiger partial charge in [0.05, 0.1) is 0 Å². The van der Waals surface area contributed by atoms with Gasteiger partial charge in [0.15, 0.2) is 0 Å². The van der Waals surface area contributed by atoms with E-state index in [1.807, 2.05) is 76.2 Å². The summed E-state index contributed by atoms with van der Waals surface area (Å²) < 4.78 is 5.47. The molecule has 1 fully saturated rings. The first kappa shape index (κ1) is 29.2. The first-order chi connectivity index (χ1) is 17.9. The van der Waals surface area contributed by atoms with Gasteiger partial charge in [-0.25, -0.2) is 4.79 Å². The fourth-order valence-corrected chi connectivity index (χ4v) is 4.62. The number of nitrogens with zero attached hydrogens (tertiary/aromatic N) is 1. The number of carbonyl (C=O) groups excluding carboxylic acids is 3. The highest BCUT2D eigenvalue weighted by Gasteiger charge is 2.44. The van der Waals surface area contributed by atoms with Crippen LogP contribution in [-0.4, -0.2) is 40.5 Å². The summed E-state index contributed by atoms with van der Waals surface area (Å²) in [7, 11) is 0. The molecular formula is C31H43N3O4. The van der Waals surface area contributed by atoms with Gasteiger partial charge in [0.2, 0.25) is 11.8 Å². The average Bonchev–Trinajstić information content (AvgIpc) is 3.65. The summed E-state index contributed by atoms with van der Waals surface area (Å²) in [6.45, 7) is 13.7. The predicted molar refractivity (Wildman–Crippen MR) is 149 cm³/mol. The smallest absolute Gasteiger partial charge is 0.408 e. The van der Waals surface area contributed by atoms with Gasteiger partial charge in [-0.05, 0) is 76.5 Å². The third-order valence-electron chi connectivity index (χ3n) is 6.45. The van der Waals surface area contributed by atoms with E-state index in [1.165, 1.54) is 0 Å². The van der Waals surface area contributed by atoms with Gasteiger partial charge in [-0.3, -0.25) is 9.59 Å². The Morgan fingerprint density at radius 2 is 1.68 bits per heavy atom. The Bertz CT molecular complexity index is 1120. The third kappa shape index (κ3) is 8.33. The summed E-state index contributed by atoms with van der Waals surface area (Å²) in [4.78, 5) is 42.5. The number of aryl methyl sites for hydroxylation is 2. The second-order valence-electron chi connectivity index (χ2n) is 11.8. The average molecular weight is 522 g/mol. The van der Waals surface area contributed by atoms with Gasteiger partial charge in [-0.15, -0.1) is 0 Å². The maximum Gasteiger partial charge on any atom is 0.408 e. The molecular weight excluding hydrogens is 478 g/mol. The zero-order valence-corrected chi connectivity index (χ0v) is 23.8. The molecule has 3 amide bonds. The van der Waals surface area contributed by atoms with Gasteiger partial charge in [0.1, 0.15) is 17.7 Å². The van der Waals surface area contributed by atoms with Gasteiger partial charge in [-0.2, -0.15) is 0 Å². The van der Waals surface area contributed by atoms with Crippen LogP contribution in [0.2, 0.25) is 0 Å². The van der Waals surface area contributed by atoms with Crippen LogP contribution in [0.5, 0.6) is 0 Å². The van der Waals surface area contributed by atoms with Crippen molar-refractivity contribution in [1.29, 1.82) is 0 Å². The van der Waals surface area contributed by atoms with E-state index < -0.39 is 23.8 Å². The molecule has 38 heavy (non-hydrogen) atoms. The highest BCUT2D eigenvalue weighted by atomic mass is 16.6. The third-order valence-corrected chi connectivity index (χ3v) is 6.45. The highest BCUT2D eigenvalue weighted by molar-refractivity contribution is 5.92. The number of hydrogen-bond acceptors (Lipinski definition) is 4. The normalized spacial score (nSPS) is 14.9. The van der Waals surface area contributed by atoms with Crippen molar-refractivity contribution in [1.82, 2.24) is 15.5 Å². The lowest BCUT2D eigenvalue weighted by Gasteiger charge is -2.35. The van der Waals surface area contributed by atoms with Crippen LogP contribution in [-0.2, 0) is 20.9 Å². The van der Waals surface area contributed by atoms with Crippen molar-refractivity contribution in [2.24, 2.45) is 5.92 Å². The lowest BCUT2D eigenvalue weighted by molar-refractivity contribution is -0.143. The van der Waals surface area contributed by atoms with E-state index in [0.29, 0.717) is 13.0 Å². The maximum atomic E-state index is 14.2. The van der Waals surface area contributed by atoms with Crippen molar-refractivity contribution in [3.63, 3.8) is 0 Å².